The number of methoxy groups -OCH3 is 1. The van der Waals surface area contributed by atoms with Gasteiger partial charge in [-0.2, -0.15) is 13.2 Å². The highest BCUT2D eigenvalue weighted by Gasteiger charge is 2.30. The van der Waals surface area contributed by atoms with Crippen molar-refractivity contribution in [3.8, 4) is 0 Å². The molecule has 0 unspecified atom stereocenters. The summed E-state index contributed by atoms with van der Waals surface area (Å²) in [6, 6.07) is 3.58. The summed E-state index contributed by atoms with van der Waals surface area (Å²) in [5, 5.41) is 5.11. The molecule has 0 spiro atoms. The molecule has 7 nitrogen and oxygen atoms in total. The number of esters is 2. The summed E-state index contributed by atoms with van der Waals surface area (Å²) in [4.78, 5) is 35.0. The lowest BCUT2D eigenvalue weighted by Gasteiger charge is -2.15. The highest BCUT2D eigenvalue weighted by Crippen LogP contribution is 2.29. The van der Waals surface area contributed by atoms with Crippen molar-refractivity contribution in [3.63, 3.8) is 0 Å². The van der Waals surface area contributed by atoms with Crippen LogP contribution in [0.25, 0.3) is 0 Å². The van der Waals surface area contributed by atoms with E-state index in [1.165, 1.54) is 0 Å². The van der Waals surface area contributed by atoms with Crippen LogP contribution in [0.4, 0.5) is 13.2 Å². The second kappa shape index (κ2) is 7.89. The number of carbonyl (C=O) groups is 3. The molecule has 0 bridgehead atoms. The van der Waals surface area contributed by atoms with Crippen LogP contribution in [0.1, 0.15) is 15.9 Å². The molecule has 2 rings (SSSR count). The number of amides is 1. The molecule has 26 heavy (non-hydrogen) atoms. The third kappa shape index (κ3) is 4.98. The lowest BCUT2D eigenvalue weighted by Crippen LogP contribution is -2.34. The predicted molar refractivity (Wildman–Crippen MR) is 81.8 cm³/mol. The standard InChI is InChI=1S/C16H15F3N2O5/c1-25-13(22)6-12-14(23)21-8-11(7-20-12)26-15(24)9-2-4-10(5-3-9)16(17,18)19/h2-6,11,20H,7-8H2,1H3,(H,21,23)/b12-6+/t11-/m0/s1. The number of halogens is 3. The summed E-state index contributed by atoms with van der Waals surface area (Å²) in [6.45, 7) is -0.00926. The predicted octanol–water partition coefficient (Wildman–Crippen LogP) is 1.01. The second-order valence-electron chi connectivity index (χ2n) is 5.27. The third-order valence-corrected chi connectivity index (χ3v) is 3.44. The number of hydrogen-bond acceptors (Lipinski definition) is 6. The Bertz CT molecular complexity index is 728. The molecule has 10 heteroatoms. The van der Waals surface area contributed by atoms with Gasteiger partial charge in [-0.05, 0) is 24.3 Å². The van der Waals surface area contributed by atoms with E-state index in [1.54, 1.807) is 0 Å². The summed E-state index contributed by atoms with van der Waals surface area (Å²) < 4.78 is 47.2. The van der Waals surface area contributed by atoms with Gasteiger partial charge < -0.3 is 20.1 Å². The molecule has 0 aliphatic carbocycles. The first-order valence-electron chi connectivity index (χ1n) is 7.40. The van der Waals surface area contributed by atoms with Crippen LogP contribution in [-0.4, -0.2) is 44.1 Å². The molecule has 1 atom stereocenters. The van der Waals surface area contributed by atoms with Crippen molar-refractivity contribution in [2.24, 2.45) is 0 Å². The van der Waals surface area contributed by atoms with E-state index >= 15 is 0 Å². The number of nitrogens with one attached hydrogen (secondary N) is 2. The van der Waals surface area contributed by atoms with Crippen LogP contribution in [-0.2, 0) is 25.2 Å². The van der Waals surface area contributed by atoms with Gasteiger partial charge in [0.25, 0.3) is 5.91 Å². The number of ether oxygens (including phenoxy) is 2. The zero-order valence-electron chi connectivity index (χ0n) is 13.6. The third-order valence-electron chi connectivity index (χ3n) is 3.44. The Balaban J connectivity index is 2.00. The highest BCUT2D eigenvalue weighted by atomic mass is 19.4. The molecule has 1 aliphatic rings. The Morgan fingerprint density at radius 1 is 1.15 bits per heavy atom. The van der Waals surface area contributed by atoms with E-state index < -0.39 is 35.7 Å². The van der Waals surface area contributed by atoms with E-state index in [0.717, 1.165) is 37.5 Å². The van der Waals surface area contributed by atoms with Crippen LogP contribution in [0.15, 0.2) is 36.0 Å². The Kier molecular flexibility index (Phi) is 5.86. The van der Waals surface area contributed by atoms with Gasteiger partial charge >= 0.3 is 18.1 Å². The van der Waals surface area contributed by atoms with Gasteiger partial charge in [0.2, 0.25) is 0 Å². The monoisotopic (exact) mass is 372 g/mol. The zero-order valence-corrected chi connectivity index (χ0v) is 13.6. The normalized spacial score (nSPS) is 19.2. The average Bonchev–Trinajstić information content (AvgIpc) is 2.77. The van der Waals surface area contributed by atoms with Crippen LogP contribution in [0.3, 0.4) is 0 Å². The molecule has 1 aromatic carbocycles. The van der Waals surface area contributed by atoms with E-state index in [4.69, 9.17) is 4.74 Å². The average molecular weight is 372 g/mol. The first-order valence-corrected chi connectivity index (χ1v) is 7.40. The molecule has 0 radical (unpaired) electrons. The van der Waals surface area contributed by atoms with Crippen molar-refractivity contribution >= 4 is 17.8 Å². The molecule has 0 aromatic heterocycles. The SMILES string of the molecule is COC(=O)/C=C1/NC[C@H](OC(=O)c2ccc(C(F)(F)F)cc2)CNC1=O. The Morgan fingerprint density at radius 2 is 1.77 bits per heavy atom. The first-order chi connectivity index (χ1) is 12.2. The number of benzene rings is 1. The minimum Gasteiger partial charge on any atom is -0.466 e. The van der Waals surface area contributed by atoms with Crippen molar-refractivity contribution in [2.75, 3.05) is 20.2 Å². The minimum absolute atomic E-state index is 0.0218. The Morgan fingerprint density at radius 3 is 2.35 bits per heavy atom. The van der Waals surface area contributed by atoms with E-state index in [2.05, 4.69) is 15.4 Å². The smallest absolute Gasteiger partial charge is 0.416 e. The van der Waals surface area contributed by atoms with Gasteiger partial charge in [0.15, 0.2) is 0 Å². The van der Waals surface area contributed by atoms with Gasteiger partial charge in [-0.1, -0.05) is 0 Å². The van der Waals surface area contributed by atoms with Crippen LogP contribution in [0, 0.1) is 0 Å². The molecule has 1 heterocycles. The first kappa shape index (κ1) is 19.3. The van der Waals surface area contributed by atoms with Crippen molar-refractivity contribution in [3.05, 3.63) is 47.2 Å². The number of alkyl halides is 3. The second-order valence-corrected chi connectivity index (χ2v) is 5.27. The van der Waals surface area contributed by atoms with E-state index in [9.17, 15) is 27.6 Å². The van der Waals surface area contributed by atoms with Gasteiger partial charge in [0.05, 0.1) is 37.4 Å². The van der Waals surface area contributed by atoms with Crippen LogP contribution >= 0.6 is 0 Å². The van der Waals surface area contributed by atoms with Gasteiger partial charge in [0, 0.05) is 0 Å². The van der Waals surface area contributed by atoms with E-state index in [1.807, 2.05) is 0 Å². The van der Waals surface area contributed by atoms with Crippen molar-refractivity contribution in [1.82, 2.24) is 10.6 Å². The van der Waals surface area contributed by atoms with Crippen LogP contribution in [0.5, 0.6) is 0 Å². The fourth-order valence-electron chi connectivity index (χ4n) is 2.07. The van der Waals surface area contributed by atoms with E-state index in [-0.39, 0.29) is 24.4 Å². The quantitative estimate of drug-likeness (QED) is 0.608. The minimum atomic E-state index is -4.50. The van der Waals surface area contributed by atoms with Crippen molar-refractivity contribution < 1.29 is 37.0 Å². The maximum atomic E-state index is 12.5. The molecule has 140 valence electrons. The summed E-state index contributed by atoms with van der Waals surface area (Å²) >= 11 is 0. The maximum Gasteiger partial charge on any atom is 0.416 e. The molecule has 0 saturated carbocycles. The summed E-state index contributed by atoms with van der Waals surface area (Å²) in [5.74, 6) is -2.15. The van der Waals surface area contributed by atoms with Crippen molar-refractivity contribution in [2.45, 2.75) is 12.3 Å². The fourth-order valence-corrected chi connectivity index (χ4v) is 2.07. The van der Waals surface area contributed by atoms with E-state index in [0.29, 0.717) is 0 Å². The summed E-state index contributed by atoms with van der Waals surface area (Å²) in [6.07, 6.45) is -4.33. The van der Waals surface area contributed by atoms with Gasteiger partial charge in [-0.3, -0.25) is 4.79 Å². The number of rotatable bonds is 3. The van der Waals surface area contributed by atoms with Gasteiger partial charge in [-0.15, -0.1) is 0 Å². The largest absolute Gasteiger partial charge is 0.466 e. The fraction of sp³-hybridized carbons (Fsp3) is 0.312. The topological polar surface area (TPSA) is 93.7 Å². The number of hydrogen-bond donors (Lipinski definition) is 2. The summed E-state index contributed by atoms with van der Waals surface area (Å²) in [5.41, 5.74) is -0.987. The molecule has 1 aliphatic heterocycles. The van der Waals surface area contributed by atoms with Gasteiger partial charge in [0.1, 0.15) is 11.8 Å². The Labute approximate surface area is 146 Å². The lowest BCUT2D eigenvalue weighted by molar-refractivity contribution is -0.137. The molecular weight excluding hydrogens is 357 g/mol. The van der Waals surface area contributed by atoms with Crippen molar-refractivity contribution in [1.29, 1.82) is 0 Å². The molecule has 1 aromatic rings. The molecule has 1 saturated heterocycles. The number of carbonyl (C=O) groups excluding carboxylic acids is 3. The molecule has 1 amide bonds. The molecule has 2 N–H and O–H groups in total. The lowest BCUT2D eigenvalue weighted by atomic mass is 10.1. The zero-order chi connectivity index (χ0) is 19.3. The van der Waals surface area contributed by atoms with Gasteiger partial charge in [-0.25, -0.2) is 9.59 Å². The highest BCUT2D eigenvalue weighted by molar-refractivity contribution is 5.99. The maximum absolute atomic E-state index is 12.5. The Hall–Kier alpha value is -3.04. The van der Waals surface area contributed by atoms with Crippen LogP contribution < -0.4 is 10.6 Å². The molecular formula is C16H15F3N2O5. The summed E-state index contributed by atoms with van der Waals surface area (Å²) in [7, 11) is 1.16. The molecule has 1 fully saturated rings. The van der Waals surface area contributed by atoms with Crippen LogP contribution in [0.2, 0.25) is 0 Å².